The summed E-state index contributed by atoms with van der Waals surface area (Å²) in [5, 5.41) is 9.47. The van der Waals surface area contributed by atoms with Crippen LogP contribution in [0.5, 0.6) is 5.75 Å². The number of amides is 1. The number of rotatable bonds is 8. The van der Waals surface area contributed by atoms with Gasteiger partial charge in [0.25, 0.3) is 0 Å². The molecule has 0 saturated heterocycles. The van der Waals surface area contributed by atoms with Crippen molar-refractivity contribution in [3.63, 3.8) is 0 Å². The summed E-state index contributed by atoms with van der Waals surface area (Å²) in [6, 6.07) is 17.0. The number of H-pyrrole nitrogens is 1. The van der Waals surface area contributed by atoms with Gasteiger partial charge >= 0.3 is 5.69 Å². The molecule has 0 aliphatic heterocycles. The van der Waals surface area contributed by atoms with Gasteiger partial charge in [0.1, 0.15) is 5.75 Å². The van der Waals surface area contributed by atoms with Gasteiger partial charge in [0.05, 0.1) is 12.4 Å². The Bertz CT molecular complexity index is 967. The highest BCUT2D eigenvalue weighted by Crippen LogP contribution is 2.22. The molecule has 28 heavy (non-hydrogen) atoms. The molecule has 2 aromatic carbocycles. The molecular weight excluding hydrogens is 376 g/mol. The van der Waals surface area contributed by atoms with Gasteiger partial charge in [-0.3, -0.25) is 9.36 Å². The Labute approximate surface area is 167 Å². The first kappa shape index (κ1) is 19.8. The number of hydrogen-bond donors (Lipinski definition) is 2. The van der Waals surface area contributed by atoms with Crippen molar-refractivity contribution in [2.75, 3.05) is 12.4 Å². The molecule has 0 unspecified atom stereocenters. The van der Waals surface area contributed by atoms with Crippen LogP contribution in [0.4, 0.5) is 5.69 Å². The molecule has 2 N–H and O–H groups in total. The van der Waals surface area contributed by atoms with E-state index in [1.165, 1.54) is 11.8 Å². The van der Waals surface area contributed by atoms with Crippen LogP contribution < -0.4 is 15.7 Å². The van der Waals surface area contributed by atoms with E-state index in [1.807, 2.05) is 30.3 Å². The minimum absolute atomic E-state index is 0.166. The topological polar surface area (TPSA) is 89.0 Å². The molecule has 1 heterocycles. The predicted molar refractivity (Wildman–Crippen MR) is 110 cm³/mol. The third-order valence-electron chi connectivity index (χ3n) is 4.20. The van der Waals surface area contributed by atoms with Crippen molar-refractivity contribution >= 4 is 23.4 Å². The van der Waals surface area contributed by atoms with Crippen molar-refractivity contribution in [2.24, 2.45) is 0 Å². The summed E-state index contributed by atoms with van der Waals surface area (Å²) in [6.07, 6.45) is 0.709. The van der Waals surface area contributed by atoms with Gasteiger partial charge in [-0.05, 0) is 43.2 Å². The summed E-state index contributed by atoms with van der Waals surface area (Å²) in [6.45, 7) is 2.28. The number of ether oxygens (including phenoxy) is 1. The van der Waals surface area contributed by atoms with Gasteiger partial charge < -0.3 is 10.1 Å². The summed E-state index contributed by atoms with van der Waals surface area (Å²) in [5.41, 5.74) is 1.54. The Hall–Kier alpha value is -3.00. The summed E-state index contributed by atoms with van der Waals surface area (Å²) >= 11 is 1.25. The molecule has 1 aromatic heterocycles. The standard InChI is InChI=1S/C20H22N4O3S/c1-14(18(25)21-16-8-10-17(27-2)11-9-16)28-20-23-22-19(26)24(20)13-12-15-6-4-3-5-7-15/h3-11,14H,12-13H2,1-2H3,(H,21,25)(H,22,26)/t14-/m0/s1. The van der Waals surface area contributed by atoms with E-state index in [0.29, 0.717) is 23.8 Å². The number of aromatic amines is 1. The molecule has 3 aromatic rings. The third-order valence-corrected chi connectivity index (χ3v) is 5.29. The van der Waals surface area contributed by atoms with Crippen LogP contribution in [-0.2, 0) is 17.8 Å². The number of aromatic nitrogens is 3. The quantitative estimate of drug-likeness (QED) is 0.570. The fraction of sp³-hybridized carbons (Fsp3) is 0.250. The van der Waals surface area contributed by atoms with Gasteiger partial charge in [-0.15, -0.1) is 5.10 Å². The van der Waals surface area contributed by atoms with Gasteiger partial charge in [-0.25, -0.2) is 9.89 Å². The van der Waals surface area contributed by atoms with Crippen molar-refractivity contribution in [2.45, 2.75) is 30.3 Å². The Morgan fingerprint density at radius 3 is 2.61 bits per heavy atom. The zero-order valence-corrected chi connectivity index (χ0v) is 16.5. The maximum atomic E-state index is 12.5. The number of carbonyl (C=O) groups excluding carboxylic acids is 1. The number of methoxy groups -OCH3 is 1. The largest absolute Gasteiger partial charge is 0.497 e. The van der Waals surface area contributed by atoms with Crippen LogP contribution in [0.15, 0.2) is 64.5 Å². The molecule has 0 fully saturated rings. The first-order chi connectivity index (χ1) is 13.6. The van der Waals surface area contributed by atoms with Crippen LogP contribution in [0.2, 0.25) is 0 Å². The maximum absolute atomic E-state index is 12.5. The van der Waals surface area contributed by atoms with E-state index in [2.05, 4.69) is 15.5 Å². The van der Waals surface area contributed by atoms with Gasteiger partial charge in [-0.2, -0.15) is 0 Å². The molecule has 0 spiro atoms. The number of thioether (sulfide) groups is 1. The van der Waals surface area contributed by atoms with Crippen molar-refractivity contribution in [1.82, 2.24) is 14.8 Å². The van der Waals surface area contributed by atoms with E-state index in [4.69, 9.17) is 4.74 Å². The number of nitrogens with zero attached hydrogens (tertiary/aromatic N) is 2. The lowest BCUT2D eigenvalue weighted by molar-refractivity contribution is -0.115. The Morgan fingerprint density at radius 1 is 1.21 bits per heavy atom. The molecule has 0 aliphatic rings. The third kappa shape index (κ3) is 5.04. The van der Waals surface area contributed by atoms with Crippen molar-refractivity contribution in [3.05, 3.63) is 70.6 Å². The van der Waals surface area contributed by atoms with Crippen LogP contribution in [-0.4, -0.2) is 33.0 Å². The second kappa shape index (κ2) is 9.27. The van der Waals surface area contributed by atoms with Gasteiger partial charge in [0.15, 0.2) is 5.16 Å². The van der Waals surface area contributed by atoms with E-state index in [9.17, 15) is 9.59 Å². The van der Waals surface area contributed by atoms with E-state index < -0.39 is 5.25 Å². The van der Waals surface area contributed by atoms with Crippen LogP contribution in [0, 0.1) is 0 Å². The second-order valence-electron chi connectivity index (χ2n) is 6.18. The molecular formula is C20H22N4O3S. The minimum atomic E-state index is -0.423. The Kier molecular flexibility index (Phi) is 6.54. The van der Waals surface area contributed by atoms with Gasteiger partial charge in [0.2, 0.25) is 5.91 Å². The number of aryl methyl sites for hydroxylation is 1. The first-order valence-electron chi connectivity index (χ1n) is 8.87. The molecule has 0 bridgehead atoms. The summed E-state index contributed by atoms with van der Waals surface area (Å²) in [4.78, 5) is 24.6. The molecule has 3 rings (SSSR count). The first-order valence-corrected chi connectivity index (χ1v) is 9.75. The predicted octanol–water partition coefficient (Wildman–Crippen LogP) is 2.94. The Morgan fingerprint density at radius 2 is 1.93 bits per heavy atom. The zero-order valence-electron chi connectivity index (χ0n) is 15.7. The van der Waals surface area contributed by atoms with E-state index in [0.717, 1.165) is 11.3 Å². The smallest absolute Gasteiger partial charge is 0.343 e. The highest BCUT2D eigenvalue weighted by atomic mass is 32.2. The van der Waals surface area contributed by atoms with Gasteiger partial charge in [0, 0.05) is 12.2 Å². The zero-order chi connectivity index (χ0) is 19.9. The normalized spacial score (nSPS) is 11.8. The number of carbonyl (C=O) groups is 1. The van der Waals surface area contributed by atoms with Crippen LogP contribution in [0.1, 0.15) is 12.5 Å². The average Bonchev–Trinajstić information content (AvgIpc) is 3.07. The van der Waals surface area contributed by atoms with E-state index in [-0.39, 0.29) is 11.6 Å². The maximum Gasteiger partial charge on any atom is 0.343 e. The summed E-state index contributed by atoms with van der Waals surface area (Å²) in [7, 11) is 1.59. The number of anilines is 1. The van der Waals surface area contributed by atoms with E-state index >= 15 is 0 Å². The Balaban J connectivity index is 1.62. The number of benzene rings is 2. The fourth-order valence-corrected chi connectivity index (χ4v) is 3.49. The van der Waals surface area contributed by atoms with Crippen LogP contribution >= 0.6 is 11.8 Å². The number of hydrogen-bond acceptors (Lipinski definition) is 5. The molecule has 0 aliphatic carbocycles. The highest BCUT2D eigenvalue weighted by Gasteiger charge is 2.19. The van der Waals surface area contributed by atoms with Crippen molar-refractivity contribution < 1.29 is 9.53 Å². The van der Waals surface area contributed by atoms with Gasteiger partial charge in [-0.1, -0.05) is 42.1 Å². The molecule has 1 amide bonds. The molecule has 0 radical (unpaired) electrons. The van der Waals surface area contributed by atoms with Crippen molar-refractivity contribution in [3.8, 4) is 5.75 Å². The number of nitrogens with one attached hydrogen (secondary N) is 2. The molecule has 7 nitrogen and oxygen atoms in total. The lowest BCUT2D eigenvalue weighted by Gasteiger charge is -2.12. The average molecular weight is 398 g/mol. The lowest BCUT2D eigenvalue weighted by atomic mass is 10.1. The molecule has 0 saturated carbocycles. The van der Waals surface area contributed by atoms with Crippen molar-refractivity contribution in [1.29, 1.82) is 0 Å². The summed E-state index contributed by atoms with van der Waals surface area (Å²) < 4.78 is 6.67. The fourth-order valence-electron chi connectivity index (χ4n) is 2.61. The monoisotopic (exact) mass is 398 g/mol. The molecule has 1 atom stereocenters. The highest BCUT2D eigenvalue weighted by molar-refractivity contribution is 8.00. The summed E-state index contributed by atoms with van der Waals surface area (Å²) in [5.74, 6) is 0.555. The lowest BCUT2D eigenvalue weighted by Crippen LogP contribution is -2.24. The molecule has 146 valence electrons. The van der Waals surface area contributed by atoms with E-state index in [1.54, 1.807) is 42.9 Å². The van der Waals surface area contributed by atoms with Crippen LogP contribution in [0.25, 0.3) is 0 Å². The minimum Gasteiger partial charge on any atom is -0.497 e. The SMILES string of the molecule is COc1ccc(NC(=O)[C@H](C)Sc2n[nH]c(=O)n2CCc2ccccc2)cc1. The second-order valence-corrected chi connectivity index (χ2v) is 7.48. The van der Waals surface area contributed by atoms with Crippen LogP contribution in [0.3, 0.4) is 0 Å². The molecule has 8 heteroatoms.